The predicted octanol–water partition coefficient (Wildman–Crippen LogP) is 3.53. The van der Waals surface area contributed by atoms with Gasteiger partial charge in [-0.25, -0.2) is 0 Å². The van der Waals surface area contributed by atoms with Gasteiger partial charge < -0.3 is 9.47 Å². The lowest BCUT2D eigenvalue weighted by molar-refractivity contribution is 0.0504. The molecule has 4 heteroatoms. The molecule has 0 N–H and O–H groups in total. The van der Waals surface area contributed by atoms with E-state index in [9.17, 15) is 9.59 Å². The van der Waals surface area contributed by atoms with Crippen LogP contribution >= 0.6 is 0 Å². The van der Waals surface area contributed by atoms with E-state index in [1.54, 1.807) is 24.3 Å². The van der Waals surface area contributed by atoms with Crippen LogP contribution in [0.3, 0.4) is 0 Å². The molecule has 1 saturated heterocycles. The normalized spacial score (nSPS) is 21.9. The molecule has 0 radical (unpaired) electrons. The smallest absolute Gasteiger partial charge is 0.150 e. The van der Waals surface area contributed by atoms with Crippen LogP contribution in [0.4, 0.5) is 0 Å². The minimum absolute atomic E-state index is 0.112. The summed E-state index contributed by atoms with van der Waals surface area (Å²) in [6.07, 6.45) is 5.57. The lowest BCUT2D eigenvalue weighted by atomic mass is 9.85. The fourth-order valence-corrected chi connectivity index (χ4v) is 3.17. The van der Waals surface area contributed by atoms with Crippen molar-refractivity contribution in [3.05, 3.63) is 82.9 Å². The first-order valence-electron chi connectivity index (χ1n) is 8.07. The van der Waals surface area contributed by atoms with E-state index in [2.05, 4.69) is 12.2 Å². The number of allylic oxidation sites excluding steroid dienone is 2. The Morgan fingerprint density at radius 1 is 0.680 bits per heavy atom. The molecule has 0 saturated carbocycles. The van der Waals surface area contributed by atoms with Gasteiger partial charge in [0, 0.05) is 11.1 Å². The first-order valence-corrected chi connectivity index (χ1v) is 8.07. The highest BCUT2D eigenvalue weighted by atomic mass is 16.7. The van der Waals surface area contributed by atoms with Crippen molar-refractivity contribution in [1.29, 1.82) is 0 Å². The number of aldehydes is 2. The Bertz CT molecular complexity index is 786. The van der Waals surface area contributed by atoms with Crippen molar-refractivity contribution < 1.29 is 19.1 Å². The van der Waals surface area contributed by atoms with Gasteiger partial charge in [-0.3, -0.25) is 9.59 Å². The van der Waals surface area contributed by atoms with Crippen LogP contribution in [0.25, 0.3) is 11.1 Å². The highest BCUT2D eigenvalue weighted by Crippen LogP contribution is 2.38. The summed E-state index contributed by atoms with van der Waals surface area (Å²) >= 11 is 0. The molecule has 0 spiro atoms. The SMILES string of the molecule is O=Cc1ccc(C2=CC3OCOC3C=C2c2ccc(C=O)cc2)cc1. The van der Waals surface area contributed by atoms with Crippen LogP contribution < -0.4 is 0 Å². The second kappa shape index (κ2) is 6.59. The summed E-state index contributed by atoms with van der Waals surface area (Å²) in [5.74, 6) is 0. The molecule has 1 fully saturated rings. The van der Waals surface area contributed by atoms with E-state index in [4.69, 9.17) is 9.47 Å². The summed E-state index contributed by atoms with van der Waals surface area (Å²) in [5.41, 5.74) is 5.35. The fraction of sp³-hybridized carbons (Fsp3) is 0.143. The topological polar surface area (TPSA) is 52.6 Å². The monoisotopic (exact) mass is 332 g/mol. The molecule has 1 aliphatic carbocycles. The zero-order valence-corrected chi connectivity index (χ0v) is 13.4. The van der Waals surface area contributed by atoms with Crippen molar-refractivity contribution in [3.8, 4) is 0 Å². The van der Waals surface area contributed by atoms with Gasteiger partial charge in [-0.15, -0.1) is 0 Å². The van der Waals surface area contributed by atoms with Gasteiger partial charge in [0.05, 0.1) is 0 Å². The lowest BCUT2D eigenvalue weighted by Gasteiger charge is -2.23. The molecule has 2 aliphatic rings. The minimum Gasteiger partial charge on any atom is -0.345 e. The highest BCUT2D eigenvalue weighted by Gasteiger charge is 2.31. The molecule has 2 aromatic carbocycles. The van der Waals surface area contributed by atoms with Crippen LogP contribution in [-0.2, 0) is 9.47 Å². The van der Waals surface area contributed by atoms with Gasteiger partial charge >= 0.3 is 0 Å². The molecule has 0 amide bonds. The van der Waals surface area contributed by atoms with Crippen molar-refractivity contribution in [1.82, 2.24) is 0 Å². The average molecular weight is 332 g/mol. The second-order valence-corrected chi connectivity index (χ2v) is 6.02. The van der Waals surface area contributed by atoms with Gasteiger partial charge in [-0.2, -0.15) is 0 Å². The summed E-state index contributed by atoms with van der Waals surface area (Å²) < 4.78 is 11.3. The van der Waals surface area contributed by atoms with Gasteiger partial charge in [-0.05, 0) is 34.4 Å². The Labute approximate surface area is 145 Å². The molecule has 124 valence electrons. The summed E-state index contributed by atoms with van der Waals surface area (Å²) in [4.78, 5) is 21.8. The van der Waals surface area contributed by atoms with Crippen LogP contribution in [0.5, 0.6) is 0 Å². The number of fused-ring (bicyclic) bond motifs is 1. The van der Waals surface area contributed by atoms with Crippen LogP contribution in [0, 0.1) is 0 Å². The van der Waals surface area contributed by atoms with Crippen LogP contribution in [0.1, 0.15) is 31.8 Å². The van der Waals surface area contributed by atoms with E-state index in [0.29, 0.717) is 11.1 Å². The predicted molar refractivity (Wildman–Crippen MR) is 94.2 cm³/mol. The highest BCUT2D eigenvalue weighted by molar-refractivity contribution is 6.06. The maximum Gasteiger partial charge on any atom is 0.150 e. The van der Waals surface area contributed by atoms with Gasteiger partial charge in [0.2, 0.25) is 0 Å². The maximum absolute atomic E-state index is 10.9. The third-order valence-corrected chi connectivity index (χ3v) is 4.51. The van der Waals surface area contributed by atoms with Gasteiger partial charge in [0.15, 0.2) is 0 Å². The molecule has 2 unspecified atom stereocenters. The summed E-state index contributed by atoms with van der Waals surface area (Å²) in [5, 5.41) is 0. The van der Waals surface area contributed by atoms with Crippen LogP contribution in [-0.4, -0.2) is 31.6 Å². The number of carbonyl (C=O) groups excluding carboxylic acids is 2. The van der Waals surface area contributed by atoms with Crippen LogP contribution in [0.2, 0.25) is 0 Å². The second-order valence-electron chi connectivity index (χ2n) is 6.02. The largest absolute Gasteiger partial charge is 0.345 e. The molecule has 1 heterocycles. The molecule has 4 rings (SSSR count). The number of rotatable bonds is 4. The van der Waals surface area contributed by atoms with Gasteiger partial charge in [0.25, 0.3) is 0 Å². The molecule has 25 heavy (non-hydrogen) atoms. The summed E-state index contributed by atoms with van der Waals surface area (Å²) in [7, 11) is 0. The van der Waals surface area contributed by atoms with Gasteiger partial charge in [0.1, 0.15) is 31.6 Å². The van der Waals surface area contributed by atoms with Crippen LogP contribution in [0.15, 0.2) is 60.7 Å². The van der Waals surface area contributed by atoms with E-state index in [0.717, 1.165) is 34.8 Å². The van der Waals surface area contributed by atoms with E-state index in [1.807, 2.05) is 24.3 Å². The van der Waals surface area contributed by atoms with E-state index in [1.165, 1.54) is 0 Å². The Kier molecular flexibility index (Phi) is 4.14. The number of carbonyl (C=O) groups is 2. The van der Waals surface area contributed by atoms with Crippen molar-refractivity contribution in [2.45, 2.75) is 12.2 Å². The number of ether oxygens (including phenoxy) is 2. The molecule has 4 nitrogen and oxygen atoms in total. The first-order chi connectivity index (χ1) is 12.3. The van der Waals surface area contributed by atoms with E-state index in [-0.39, 0.29) is 19.0 Å². The Morgan fingerprint density at radius 2 is 1.08 bits per heavy atom. The zero-order valence-electron chi connectivity index (χ0n) is 13.4. The lowest BCUT2D eigenvalue weighted by Crippen LogP contribution is -2.22. The van der Waals surface area contributed by atoms with Crippen molar-refractivity contribution in [2.24, 2.45) is 0 Å². The van der Waals surface area contributed by atoms with Crippen molar-refractivity contribution in [3.63, 3.8) is 0 Å². The minimum atomic E-state index is -0.112. The van der Waals surface area contributed by atoms with Gasteiger partial charge in [-0.1, -0.05) is 48.5 Å². The molecule has 0 aromatic heterocycles. The number of hydrogen-bond acceptors (Lipinski definition) is 4. The number of hydrogen-bond donors (Lipinski definition) is 0. The number of benzene rings is 2. The van der Waals surface area contributed by atoms with E-state index < -0.39 is 0 Å². The standard InChI is InChI=1S/C21H16O4/c22-11-14-1-5-16(6-2-14)18-9-20-21(25-13-24-20)10-19(18)17-7-3-15(12-23)4-8-17/h1-12,20-21H,13H2. The average Bonchev–Trinajstić information content (AvgIpc) is 3.15. The molecule has 2 aromatic rings. The van der Waals surface area contributed by atoms with E-state index >= 15 is 0 Å². The first kappa shape index (κ1) is 15.7. The third kappa shape index (κ3) is 2.97. The molecular weight excluding hydrogens is 316 g/mol. The third-order valence-electron chi connectivity index (χ3n) is 4.51. The Balaban J connectivity index is 1.78. The fourth-order valence-electron chi connectivity index (χ4n) is 3.17. The molecular formula is C21H16O4. The quantitative estimate of drug-likeness (QED) is 0.804. The zero-order chi connectivity index (χ0) is 17.2. The molecule has 0 bridgehead atoms. The van der Waals surface area contributed by atoms with Crippen molar-refractivity contribution >= 4 is 23.7 Å². The molecule has 2 atom stereocenters. The van der Waals surface area contributed by atoms with Crippen molar-refractivity contribution in [2.75, 3.05) is 6.79 Å². The summed E-state index contributed by atoms with van der Waals surface area (Å²) in [6, 6.07) is 14.9. The Hall–Kier alpha value is -2.82. The maximum atomic E-state index is 10.9. The Morgan fingerprint density at radius 3 is 1.44 bits per heavy atom. The summed E-state index contributed by atoms with van der Waals surface area (Å²) in [6.45, 7) is 0.275. The molecule has 1 aliphatic heterocycles.